The molecular formula is C21H24N6O8P-. The molecule has 0 spiro atoms. The summed E-state index contributed by atoms with van der Waals surface area (Å²) in [6, 6.07) is 8.80. The first-order valence-corrected chi connectivity index (χ1v) is 12.8. The zero-order valence-corrected chi connectivity index (χ0v) is 20.0. The summed E-state index contributed by atoms with van der Waals surface area (Å²) in [6.07, 6.45) is -0.341. The smallest absolute Gasteiger partial charge is 0.320 e. The molecular weight excluding hydrogens is 495 g/mol. The number of aromatic nitrogens is 4. The minimum atomic E-state index is -4.99. The Hall–Kier alpha value is -2.97. The molecule has 2 amide bonds. The van der Waals surface area contributed by atoms with Gasteiger partial charge in [0.1, 0.15) is 24.6 Å². The third-order valence-electron chi connectivity index (χ3n) is 5.72. The van der Waals surface area contributed by atoms with E-state index in [-0.39, 0.29) is 5.82 Å². The first-order valence-electron chi connectivity index (χ1n) is 11.3. The minimum Gasteiger partial charge on any atom is -0.756 e. The number of fused-ring (bicyclic) bond motifs is 2. The van der Waals surface area contributed by atoms with Crippen molar-refractivity contribution in [2.24, 2.45) is 0 Å². The van der Waals surface area contributed by atoms with Crippen molar-refractivity contribution in [1.29, 1.82) is 0 Å². The number of urea groups is 1. The van der Waals surface area contributed by atoms with E-state index in [1.165, 1.54) is 12.7 Å². The van der Waals surface area contributed by atoms with Gasteiger partial charge in [-0.15, -0.1) is 0 Å². The number of benzene rings is 1. The number of ether oxygens (including phenoxy) is 3. The number of carbonyl (C=O) groups excluding carboxylic acids is 1. The van der Waals surface area contributed by atoms with E-state index in [2.05, 4.69) is 30.1 Å². The van der Waals surface area contributed by atoms with Crippen LogP contribution in [-0.4, -0.2) is 61.9 Å². The molecule has 3 unspecified atom stereocenters. The van der Waals surface area contributed by atoms with Crippen LogP contribution >= 0.6 is 7.82 Å². The topological polar surface area (TPSA) is 182 Å². The summed E-state index contributed by atoms with van der Waals surface area (Å²) in [5, 5.41) is 5.36. The Balaban J connectivity index is 1.43. The van der Waals surface area contributed by atoms with E-state index in [0.29, 0.717) is 17.7 Å². The lowest BCUT2D eigenvalue weighted by Gasteiger charge is -2.23. The summed E-state index contributed by atoms with van der Waals surface area (Å²) in [6.45, 7) is 1.96. The molecule has 5 rings (SSSR count). The van der Waals surface area contributed by atoms with Gasteiger partial charge in [0.05, 0.1) is 12.9 Å². The van der Waals surface area contributed by atoms with E-state index in [1.54, 1.807) is 4.57 Å². The molecule has 0 saturated carbocycles. The standard InChI is InChI=1S/C21H25N6O8P/c1-2-8-22-21(28)26-17-14-18(24-10-23-17)27(11-25-14)19-16-15(13(33-19)9-32-36(29,30)31)34-20(35-16)12-6-4-3-5-7-12/h3-7,10-11,13,15-16,19-20H,2,8-9H2,1H3,(H2,29,30,31)(H2,22,23,24,26,28)/p-1/t13-,15?,16+,19-,20?/m1/s1. The zero-order chi connectivity index (χ0) is 25.3. The maximum atomic E-state index is 12.1. The average Bonchev–Trinajstić information content (AvgIpc) is 3.56. The van der Waals surface area contributed by atoms with Gasteiger partial charge < -0.3 is 33.8 Å². The number of amides is 2. The highest BCUT2D eigenvalue weighted by Gasteiger charge is 2.54. The Morgan fingerprint density at radius 3 is 2.72 bits per heavy atom. The number of nitrogens with zero attached hydrogens (tertiary/aromatic N) is 4. The van der Waals surface area contributed by atoms with Gasteiger partial charge in [-0.1, -0.05) is 37.3 Å². The Morgan fingerprint density at radius 2 is 1.97 bits per heavy atom. The summed E-state index contributed by atoms with van der Waals surface area (Å²) in [4.78, 5) is 45.2. The normalized spacial score (nSPS) is 27.0. The first kappa shape index (κ1) is 24.7. The van der Waals surface area contributed by atoms with E-state index in [0.717, 1.165) is 12.0 Å². The number of rotatable bonds is 8. The molecule has 4 heterocycles. The van der Waals surface area contributed by atoms with Crippen molar-refractivity contribution in [2.45, 2.75) is 44.2 Å². The number of nitrogens with one attached hydrogen (secondary N) is 2. The third-order valence-corrected chi connectivity index (χ3v) is 6.20. The first-order chi connectivity index (χ1) is 17.3. The Morgan fingerprint density at radius 1 is 1.19 bits per heavy atom. The van der Waals surface area contributed by atoms with E-state index >= 15 is 0 Å². The number of hydrogen-bond acceptors (Lipinski definition) is 10. The van der Waals surface area contributed by atoms with Crippen LogP contribution in [0.4, 0.5) is 10.6 Å². The fourth-order valence-electron chi connectivity index (χ4n) is 4.15. The SMILES string of the molecule is CCCNC(=O)Nc1ncnc2c1ncn2[C@@H]1O[C@H](COP(=O)([O-])O)C2OC(c3ccccc3)O[C@@H]21. The lowest BCUT2D eigenvalue weighted by molar-refractivity contribution is -0.224. The second-order valence-electron chi connectivity index (χ2n) is 8.20. The van der Waals surface area contributed by atoms with Gasteiger partial charge in [0, 0.05) is 12.1 Å². The van der Waals surface area contributed by atoms with Gasteiger partial charge >= 0.3 is 6.03 Å². The van der Waals surface area contributed by atoms with Crippen LogP contribution < -0.4 is 15.5 Å². The van der Waals surface area contributed by atoms with Crippen LogP contribution in [0.15, 0.2) is 43.0 Å². The second-order valence-corrected chi connectivity index (χ2v) is 9.40. The third kappa shape index (κ3) is 5.11. The summed E-state index contributed by atoms with van der Waals surface area (Å²) in [7, 11) is -4.99. The van der Waals surface area contributed by atoms with Crippen molar-refractivity contribution < 1.29 is 37.9 Å². The van der Waals surface area contributed by atoms with Gasteiger partial charge in [-0.2, -0.15) is 0 Å². The molecule has 0 bridgehead atoms. The van der Waals surface area contributed by atoms with Gasteiger partial charge in [-0.05, 0) is 6.42 Å². The molecule has 2 aliphatic heterocycles. The molecule has 6 atom stereocenters. The molecule has 3 aromatic rings. The Labute approximate surface area is 205 Å². The minimum absolute atomic E-state index is 0.208. The second kappa shape index (κ2) is 10.2. The van der Waals surface area contributed by atoms with Crippen molar-refractivity contribution in [2.75, 3.05) is 18.5 Å². The van der Waals surface area contributed by atoms with E-state index in [9.17, 15) is 14.3 Å². The molecule has 2 aromatic heterocycles. The van der Waals surface area contributed by atoms with Crippen LogP contribution in [-0.2, 0) is 23.3 Å². The van der Waals surface area contributed by atoms with Crippen molar-refractivity contribution in [3.8, 4) is 0 Å². The highest BCUT2D eigenvalue weighted by atomic mass is 31.2. The fourth-order valence-corrected chi connectivity index (χ4v) is 4.48. The highest BCUT2D eigenvalue weighted by Crippen LogP contribution is 2.46. The summed E-state index contributed by atoms with van der Waals surface area (Å²) >= 11 is 0. The molecule has 36 heavy (non-hydrogen) atoms. The highest BCUT2D eigenvalue weighted by molar-refractivity contribution is 7.44. The predicted octanol–water partition coefficient (Wildman–Crippen LogP) is 1.22. The van der Waals surface area contributed by atoms with Crippen LogP contribution in [0, 0.1) is 0 Å². The number of hydrogen-bond donors (Lipinski definition) is 3. The average molecular weight is 519 g/mol. The van der Waals surface area contributed by atoms with E-state index < -0.39 is 51.3 Å². The van der Waals surface area contributed by atoms with Crippen molar-refractivity contribution >= 4 is 30.8 Å². The predicted molar refractivity (Wildman–Crippen MR) is 121 cm³/mol. The summed E-state index contributed by atoms with van der Waals surface area (Å²) < 4.78 is 35.7. The maximum absolute atomic E-state index is 12.1. The van der Waals surface area contributed by atoms with Crippen LogP contribution in [0.2, 0.25) is 0 Å². The number of imidazole rings is 1. The largest absolute Gasteiger partial charge is 0.756 e. The maximum Gasteiger partial charge on any atom is 0.320 e. The molecule has 15 heteroatoms. The van der Waals surface area contributed by atoms with Gasteiger partial charge in [0.15, 0.2) is 29.5 Å². The van der Waals surface area contributed by atoms with Gasteiger partial charge in [0.2, 0.25) is 0 Å². The molecule has 2 fully saturated rings. The van der Waals surface area contributed by atoms with Crippen LogP contribution in [0.25, 0.3) is 11.2 Å². The number of anilines is 1. The van der Waals surface area contributed by atoms with Gasteiger partial charge in [0.25, 0.3) is 7.82 Å². The fraction of sp³-hybridized carbons (Fsp3) is 0.429. The summed E-state index contributed by atoms with van der Waals surface area (Å²) in [5.74, 6) is 0.208. The Bertz CT molecular complexity index is 1270. The molecule has 3 N–H and O–H groups in total. The molecule has 0 radical (unpaired) electrons. The lowest BCUT2D eigenvalue weighted by Crippen LogP contribution is -2.32. The molecule has 2 saturated heterocycles. The van der Waals surface area contributed by atoms with Gasteiger partial charge in [-0.3, -0.25) is 14.4 Å². The van der Waals surface area contributed by atoms with E-state index in [4.69, 9.17) is 19.1 Å². The van der Waals surface area contributed by atoms with Gasteiger partial charge in [-0.25, -0.2) is 19.7 Å². The van der Waals surface area contributed by atoms with Crippen molar-refractivity contribution in [1.82, 2.24) is 24.8 Å². The lowest BCUT2D eigenvalue weighted by atomic mass is 10.1. The number of phosphoric ester groups is 1. The van der Waals surface area contributed by atoms with Crippen molar-refractivity contribution in [3.63, 3.8) is 0 Å². The van der Waals surface area contributed by atoms with E-state index in [1.807, 2.05) is 37.3 Å². The number of carbonyl (C=O) groups is 1. The monoisotopic (exact) mass is 519 g/mol. The number of phosphoric acid groups is 1. The molecule has 1 aromatic carbocycles. The van der Waals surface area contributed by atoms with Crippen LogP contribution in [0.5, 0.6) is 0 Å². The quantitative estimate of drug-likeness (QED) is 0.364. The molecule has 0 aliphatic carbocycles. The van der Waals surface area contributed by atoms with Crippen LogP contribution in [0.1, 0.15) is 31.4 Å². The molecule has 14 nitrogen and oxygen atoms in total. The molecule has 192 valence electrons. The molecule has 2 aliphatic rings. The summed E-state index contributed by atoms with van der Waals surface area (Å²) in [5.41, 5.74) is 1.44. The van der Waals surface area contributed by atoms with Crippen LogP contribution in [0.3, 0.4) is 0 Å². The Kier molecular flexibility index (Phi) is 6.99. The van der Waals surface area contributed by atoms with Crippen molar-refractivity contribution in [3.05, 3.63) is 48.5 Å². The zero-order valence-electron chi connectivity index (χ0n) is 19.1.